The van der Waals surface area contributed by atoms with Crippen molar-refractivity contribution in [1.29, 1.82) is 0 Å². The van der Waals surface area contributed by atoms with E-state index in [1.807, 2.05) is 36.1 Å². The Balaban J connectivity index is 1.59. The van der Waals surface area contributed by atoms with Crippen LogP contribution >= 0.6 is 0 Å². The van der Waals surface area contributed by atoms with Crippen LogP contribution in [0.3, 0.4) is 0 Å². The zero-order valence-electron chi connectivity index (χ0n) is 16.3. The normalized spacial score (nSPS) is 15.9. The Labute approximate surface area is 165 Å². The first-order valence-corrected chi connectivity index (χ1v) is 9.57. The van der Waals surface area contributed by atoms with Crippen molar-refractivity contribution < 1.29 is 19.1 Å². The molecule has 2 amide bonds. The second-order valence-electron chi connectivity index (χ2n) is 6.66. The van der Waals surface area contributed by atoms with E-state index in [2.05, 4.69) is 5.32 Å². The van der Waals surface area contributed by atoms with Gasteiger partial charge in [-0.05, 0) is 61.7 Å². The van der Waals surface area contributed by atoms with Crippen LogP contribution in [0, 0.1) is 0 Å². The number of methoxy groups -OCH3 is 1. The average Bonchev–Trinajstić information content (AvgIpc) is 3.22. The third-order valence-electron chi connectivity index (χ3n) is 4.88. The molecule has 0 aliphatic carbocycles. The van der Waals surface area contributed by atoms with E-state index < -0.39 is 0 Å². The van der Waals surface area contributed by atoms with Crippen LogP contribution in [0.5, 0.6) is 11.5 Å². The van der Waals surface area contributed by atoms with Gasteiger partial charge in [-0.3, -0.25) is 9.59 Å². The summed E-state index contributed by atoms with van der Waals surface area (Å²) in [7, 11) is 1.63. The maximum Gasteiger partial charge on any atom is 0.251 e. The molecule has 1 aliphatic heterocycles. The summed E-state index contributed by atoms with van der Waals surface area (Å²) in [5.41, 5.74) is 1.56. The number of likely N-dealkylation sites (tertiary alicyclic amines) is 1. The van der Waals surface area contributed by atoms with Crippen molar-refractivity contribution in [3.63, 3.8) is 0 Å². The lowest BCUT2D eigenvalue weighted by atomic mass is 10.0. The highest BCUT2D eigenvalue weighted by Crippen LogP contribution is 2.33. The van der Waals surface area contributed by atoms with Crippen molar-refractivity contribution in [1.82, 2.24) is 10.2 Å². The molecule has 1 heterocycles. The predicted octanol–water partition coefficient (Wildman–Crippen LogP) is 3.19. The fourth-order valence-corrected chi connectivity index (χ4v) is 3.49. The number of carbonyl (C=O) groups excluding carboxylic acids is 2. The van der Waals surface area contributed by atoms with Crippen molar-refractivity contribution in [2.75, 3.05) is 26.8 Å². The Hall–Kier alpha value is -3.02. The fourth-order valence-electron chi connectivity index (χ4n) is 3.49. The predicted molar refractivity (Wildman–Crippen MR) is 107 cm³/mol. The third-order valence-corrected chi connectivity index (χ3v) is 4.88. The number of nitrogens with one attached hydrogen (secondary N) is 1. The molecule has 0 aromatic heterocycles. The number of amides is 2. The Kier molecular flexibility index (Phi) is 6.53. The molecule has 2 aromatic rings. The maximum atomic E-state index is 12.7. The minimum absolute atomic E-state index is 0.0185. The zero-order valence-corrected chi connectivity index (χ0v) is 16.3. The molecule has 2 aromatic carbocycles. The van der Waals surface area contributed by atoms with E-state index in [9.17, 15) is 9.59 Å². The smallest absolute Gasteiger partial charge is 0.251 e. The Morgan fingerprint density at radius 2 is 1.93 bits per heavy atom. The van der Waals surface area contributed by atoms with Gasteiger partial charge in [-0.1, -0.05) is 12.1 Å². The van der Waals surface area contributed by atoms with Crippen molar-refractivity contribution >= 4 is 11.8 Å². The molecule has 1 saturated heterocycles. The third kappa shape index (κ3) is 4.63. The summed E-state index contributed by atoms with van der Waals surface area (Å²) >= 11 is 0. The molecule has 1 N–H and O–H groups in total. The average molecular weight is 382 g/mol. The molecule has 148 valence electrons. The first-order valence-electron chi connectivity index (χ1n) is 9.57. The highest BCUT2D eigenvalue weighted by atomic mass is 16.5. The second kappa shape index (κ2) is 9.26. The van der Waals surface area contributed by atoms with Gasteiger partial charge in [0.1, 0.15) is 11.5 Å². The topological polar surface area (TPSA) is 67.9 Å². The van der Waals surface area contributed by atoms with Crippen LogP contribution in [0.15, 0.2) is 48.5 Å². The standard InChI is InChI=1S/C22H26N2O4/c1-3-28-18-11-9-16(10-12-18)22(26)23-15-21(25)24-13-5-8-20(24)17-6-4-7-19(14-17)27-2/h4,6-7,9-12,14,20H,3,5,8,13,15H2,1-2H3,(H,23,26). The maximum absolute atomic E-state index is 12.7. The van der Waals surface area contributed by atoms with Gasteiger partial charge in [0.25, 0.3) is 5.91 Å². The van der Waals surface area contributed by atoms with E-state index >= 15 is 0 Å². The quantitative estimate of drug-likeness (QED) is 0.799. The Morgan fingerprint density at radius 1 is 1.14 bits per heavy atom. The molecule has 0 bridgehead atoms. The SMILES string of the molecule is CCOc1ccc(C(=O)NCC(=O)N2CCCC2c2cccc(OC)c2)cc1. The largest absolute Gasteiger partial charge is 0.497 e. The number of hydrogen-bond donors (Lipinski definition) is 1. The Morgan fingerprint density at radius 3 is 2.64 bits per heavy atom. The van der Waals surface area contributed by atoms with Crippen LogP contribution in [-0.4, -0.2) is 43.5 Å². The molecule has 1 atom stereocenters. The number of ether oxygens (including phenoxy) is 2. The van der Waals surface area contributed by atoms with Crippen molar-refractivity contribution in [2.24, 2.45) is 0 Å². The molecule has 3 rings (SSSR count). The van der Waals surface area contributed by atoms with Crippen LogP contribution in [-0.2, 0) is 4.79 Å². The van der Waals surface area contributed by atoms with Crippen molar-refractivity contribution in [3.05, 3.63) is 59.7 Å². The number of benzene rings is 2. The Bertz CT molecular complexity index is 820. The monoisotopic (exact) mass is 382 g/mol. The summed E-state index contributed by atoms with van der Waals surface area (Å²) in [5.74, 6) is 1.15. The summed E-state index contributed by atoms with van der Waals surface area (Å²) in [5, 5.41) is 2.73. The summed E-state index contributed by atoms with van der Waals surface area (Å²) in [6.45, 7) is 3.15. The van der Waals surface area contributed by atoms with Crippen LogP contribution in [0.2, 0.25) is 0 Å². The van der Waals surface area contributed by atoms with Gasteiger partial charge in [0, 0.05) is 12.1 Å². The van der Waals surface area contributed by atoms with Gasteiger partial charge in [0.15, 0.2) is 0 Å². The molecule has 0 spiro atoms. The minimum Gasteiger partial charge on any atom is -0.497 e. The first-order chi connectivity index (χ1) is 13.6. The van der Waals surface area contributed by atoms with Gasteiger partial charge in [-0.15, -0.1) is 0 Å². The lowest BCUT2D eigenvalue weighted by molar-refractivity contribution is -0.131. The molecular weight excluding hydrogens is 356 g/mol. The number of rotatable bonds is 7. The van der Waals surface area contributed by atoms with Crippen molar-refractivity contribution in [3.8, 4) is 11.5 Å². The summed E-state index contributed by atoms with van der Waals surface area (Å²) in [6, 6.07) is 14.7. The van der Waals surface area contributed by atoms with Gasteiger partial charge < -0.3 is 19.7 Å². The molecule has 6 nitrogen and oxygen atoms in total. The molecule has 0 radical (unpaired) electrons. The molecule has 1 fully saturated rings. The highest BCUT2D eigenvalue weighted by Gasteiger charge is 2.30. The molecule has 1 unspecified atom stereocenters. The van der Waals surface area contributed by atoms with E-state index in [1.54, 1.807) is 31.4 Å². The van der Waals surface area contributed by atoms with E-state index in [1.165, 1.54) is 0 Å². The van der Waals surface area contributed by atoms with Crippen LogP contribution in [0.4, 0.5) is 0 Å². The van der Waals surface area contributed by atoms with Crippen LogP contribution in [0.1, 0.15) is 41.7 Å². The zero-order chi connectivity index (χ0) is 19.9. The minimum atomic E-state index is -0.270. The lowest BCUT2D eigenvalue weighted by Gasteiger charge is -2.25. The van der Waals surface area contributed by atoms with Crippen LogP contribution < -0.4 is 14.8 Å². The van der Waals surface area contributed by atoms with Gasteiger partial charge in [0.05, 0.1) is 26.3 Å². The van der Waals surface area contributed by atoms with Gasteiger partial charge in [-0.25, -0.2) is 0 Å². The van der Waals surface area contributed by atoms with Crippen LogP contribution in [0.25, 0.3) is 0 Å². The number of hydrogen-bond acceptors (Lipinski definition) is 4. The van der Waals surface area contributed by atoms with E-state index in [4.69, 9.17) is 9.47 Å². The number of nitrogens with zero attached hydrogens (tertiary/aromatic N) is 1. The number of carbonyl (C=O) groups is 2. The summed E-state index contributed by atoms with van der Waals surface area (Å²) in [4.78, 5) is 26.9. The van der Waals surface area contributed by atoms with Crippen molar-refractivity contribution in [2.45, 2.75) is 25.8 Å². The highest BCUT2D eigenvalue weighted by molar-refractivity contribution is 5.96. The second-order valence-corrected chi connectivity index (χ2v) is 6.66. The molecule has 6 heteroatoms. The first kappa shape index (κ1) is 19.7. The molecular formula is C22H26N2O4. The van der Waals surface area contributed by atoms with E-state index in [0.717, 1.165) is 24.2 Å². The lowest BCUT2D eigenvalue weighted by Crippen LogP contribution is -2.39. The molecule has 0 saturated carbocycles. The summed E-state index contributed by atoms with van der Waals surface area (Å²) in [6.07, 6.45) is 1.85. The molecule has 1 aliphatic rings. The van der Waals surface area contributed by atoms with Gasteiger partial charge in [-0.2, -0.15) is 0 Å². The van der Waals surface area contributed by atoms with E-state index in [0.29, 0.717) is 24.5 Å². The summed E-state index contributed by atoms with van der Waals surface area (Å²) < 4.78 is 10.7. The van der Waals surface area contributed by atoms with Gasteiger partial charge in [0.2, 0.25) is 5.91 Å². The van der Waals surface area contributed by atoms with Gasteiger partial charge >= 0.3 is 0 Å². The fraction of sp³-hybridized carbons (Fsp3) is 0.364. The molecule has 28 heavy (non-hydrogen) atoms. The van der Waals surface area contributed by atoms with E-state index in [-0.39, 0.29) is 24.4 Å².